The van der Waals surface area contributed by atoms with Crippen LogP contribution in [0, 0.1) is 0 Å². The molecule has 0 bridgehead atoms. The SMILES string of the molecule is CC(=O)/C=C(\[O-])c1cccs1. The zero-order chi connectivity index (χ0) is 8.27. The van der Waals surface area contributed by atoms with E-state index in [9.17, 15) is 9.90 Å². The molecule has 1 aromatic heterocycles. The lowest BCUT2D eigenvalue weighted by molar-refractivity contribution is -0.243. The fraction of sp³-hybridized carbons (Fsp3) is 0.125. The molecule has 1 heterocycles. The van der Waals surface area contributed by atoms with Crippen LogP contribution in [0.5, 0.6) is 0 Å². The van der Waals surface area contributed by atoms with E-state index in [1.807, 2.05) is 0 Å². The number of ketones is 1. The smallest absolute Gasteiger partial charge is 0.152 e. The van der Waals surface area contributed by atoms with E-state index in [1.54, 1.807) is 17.5 Å². The van der Waals surface area contributed by atoms with Crippen LogP contribution in [0.2, 0.25) is 0 Å². The van der Waals surface area contributed by atoms with Crippen LogP contribution in [0.15, 0.2) is 23.6 Å². The van der Waals surface area contributed by atoms with Crippen molar-refractivity contribution < 1.29 is 9.90 Å². The predicted molar refractivity (Wildman–Crippen MR) is 43.0 cm³/mol. The minimum Gasteiger partial charge on any atom is -0.871 e. The first kappa shape index (κ1) is 8.01. The van der Waals surface area contributed by atoms with E-state index >= 15 is 0 Å². The highest BCUT2D eigenvalue weighted by Crippen LogP contribution is 2.14. The maximum atomic E-state index is 11.1. The summed E-state index contributed by atoms with van der Waals surface area (Å²) < 4.78 is 0. The highest BCUT2D eigenvalue weighted by Gasteiger charge is 1.91. The largest absolute Gasteiger partial charge is 0.871 e. The summed E-state index contributed by atoms with van der Waals surface area (Å²) in [5.74, 6) is -0.407. The van der Waals surface area contributed by atoms with Gasteiger partial charge in [0.15, 0.2) is 5.78 Å². The second-order valence-electron chi connectivity index (χ2n) is 2.10. The van der Waals surface area contributed by atoms with Gasteiger partial charge in [0.2, 0.25) is 0 Å². The van der Waals surface area contributed by atoms with E-state index in [2.05, 4.69) is 0 Å². The van der Waals surface area contributed by atoms with Crippen LogP contribution >= 0.6 is 11.3 Å². The highest BCUT2D eigenvalue weighted by atomic mass is 32.1. The molecular weight excluding hydrogens is 160 g/mol. The standard InChI is InChI=1S/C8H8O2S/c1-6(9)5-7(10)8-3-2-4-11-8/h2-5,10H,1H3/p-1/b7-5-. The van der Waals surface area contributed by atoms with Crippen molar-refractivity contribution in [2.24, 2.45) is 0 Å². The molecule has 0 unspecified atom stereocenters. The summed E-state index contributed by atoms with van der Waals surface area (Å²) in [5.41, 5.74) is 0. The molecule has 58 valence electrons. The molecule has 1 rings (SSSR count). The van der Waals surface area contributed by atoms with Crippen LogP contribution in [0.1, 0.15) is 11.8 Å². The molecule has 0 fully saturated rings. The van der Waals surface area contributed by atoms with Gasteiger partial charge in [-0.1, -0.05) is 11.8 Å². The Labute approximate surface area is 68.8 Å². The summed E-state index contributed by atoms with van der Waals surface area (Å²) >= 11 is 1.34. The van der Waals surface area contributed by atoms with Gasteiger partial charge < -0.3 is 5.11 Å². The van der Waals surface area contributed by atoms with Gasteiger partial charge in [0.25, 0.3) is 0 Å². The Balaban J connectivity index is 2.86. The zero-order valence-corrected chi connectivity index (χ0v) is 6.85. The fourth-order valence-electron chi connectivity index (χ4n) is 0.675. The van der Waals surface area contributed by atoms with E-state index in [0.717, 1.165) is 6.08 Å². The van der Waals surface area contributed by atoms with E-state index < -0.39 is 0 Å². The molecular formula is C8H7O2S-. The Morgan fingerprint density at radius 1 is 1.73 bits per heavy atom. The maximum absolute atomic E-state index is 11.1. The average Bonchev–Trinajstić information content (AvgIpc) is 2.35. The Bertz CT molecular complexity index is 272. The van der Waals surface area contributed by atoms with E-state index in [1.165, 1.54) is 18.3 Å². The number of thiophene rings is 1. The van der Waals surface area contributed by atoms with Gasteiger partial charge in [-0.3, -0.25) is 4.79 Å². The number of carbonyl (C=O) groups is 1. The molecule has 0 saturated carbocycles. The lowest BCUT2D eigenvalue weighted by Crippen LogP contribution is -2.02. The van der Waals surface area contributed by atoms with Gasteiger partial charge in [0.05, 0.1) is 0 Å². The molecule has 0 N–H and O–H groups in total. The molecule has 3 heteroatoms. The molecule has 0 aliphatic rings. The van der Waals surface area contributed by atoms with Crippen molar-refractivity contribution >= 4 is 22.9 Å². The van der Waals surface area contributed by atoms with Crippen LogP contribution in [-0.2, 0) is 4.79 Å². The first-order valence-corrected chi connectivity index (χ1v) is 4.01. The third-order valence-electron chi connectivity index (χ3n) is 1.10. The lowest BCUT2D eigenvalue weighted by Gasteiger charge is -2.06. The van der Waals surface area contributed by atoms with Crippen molar-refractivity contribution in [3.8, 4) is 0 Å². The Kier molecular flexibility index (Phi) is 2.44. The first-order valence-electron chi connectivity index (χ1n) is 3.13. The van der Waals surface area contributed by atoms with Crippen molar-refractivity contribution in [2.45, 2.75) is 6.92 Å². The maximum Gasteiger partial charge on any atom is 0.152 e. The Morgan fingerprint density at radius 3 is 2.91 bits per heavy atom. The third kappa shape index (κ3) is 2.20. The predicted octanol–water partition coefficient (Wildman–Crippen LogP) is 1.04. The molecule has 0 aliphatic heterocycles. The quantitative estimate of drug-likeness (QED) is 0.487. The van der Waals surface area contributed by atoms with Crippen molar-refractivity contribution in [1.29, 1.82) is 0 Å². The summed E-state index contributed by atoms with van der Waals surface area (Å²) in [6, 6.07) is 3.48. The summed E-state index contributed by atoms with van der Waals surface area (Å²) in [6.45, 7) is 1.37. The van der Waals surface area contributed by atoms with E-state index in [-0.39, 0.29) is 11.5 Å². The number of hydrogen-bond donors (Lipinski definition) is 0. The van der Waals surface area contributed by atoms with E-state index in [4.69, 9.17) is 0 Å². The number of allylic oxidation sites excluding steroid dienone is 1. The van der Waals surface area contributed by atoms with Crippen molar-refractivity contribution in [3.63, 3.8) is 0 Å². The van der Waals surface area contributed by atoms with Crippen molar-refractivity contribution in [1.82, 2.24) is 0 Å². The van der Waals surface area contributed by atoms with Gasteiger partial charge in [-0.2, -0.15) is 0 Å². The average molecular weight is 167 g/mol. The van der Waals surface area contributed by atoms with Gasteiger partial charge in [-0.15, -0.1) is 11.3 Å². The molecule has 0 atom stereocenters. The topological polar surface area (TPSA) is 40.1 Å². The van der Waals surface area contributed by atoms with Crippen LogP contribution in [0.25, 0.3) is 5.76 Å². The van der Waals surface area contributed by atoms with Gasteiger partial charge in [0, 0.05) is 4.88 Å². The van der Waals surface area contributed by atoms with Gasteiger partial charge >= 0.3 is 0 Å². The van der Waals surface area contributed by atoms with Crippen LogP contribution in [0.3, 0.4) is 0 Å². The minimum absolute atomic E-state index is 0.201. The third-order valence-corrected chi connectivity index (χ3v) is 1.98. The molecule has 0 aromatic carbocycles. The zero-order valence-electron chi connectivity index (χ0n) is 6.03. The molecule has 11 heavy (non-hydrogen) atoms. The molecule has 0 spiro atoms. The number of carbonyl (C=O) groups excluding carboxylic acids is 1. The molecule has 1 aromatic rings. The monoisotopic (exact) mass is 167 g/mol. The molecule has 0 radical (unpaired) electrons. The first-order chi connectivity index (χ1) is 5.20. The molecule has 0 amide bonds. The Hall–Kier alpha value is -1.09. The summed E-state index contributed by atoms with van der Waals surface area (Å²) in [4.78, 5) is 11.1. The second kappa shape index (κ2) is 3.34. The molecule has 2 nitrogen and oxygen atoms in total. The van der Waals surface area contributed by atoms with E-state index in [0.29, 0.717) is 4.88 Å². The summed E-state index contributed by atoms with van der Waals surface area (Å²) in [5, 5.41) is 12.9. The number of hydrogen-bond acceptors (Lipinski definition) is 3. The van der Waals surface area contributed by atoms with Crippen LogP contribution in [-0.4, -0.2) is 5.78 Å². The van der Waals surface area contributed by atoms with Crippen LogP contribution < -0.4 is 5.11 Å². The normalized spacial score (nSPS) is 11.5. The fourth-order valence-corrected chi connectivity index (χ4v) is 1.31. The van der Waals surface area contributed by atoms with Crippen LogP contribution in [0.4, 0.5) is 0 Å². The van der Waals surface area contributed by atoms with Gasteiger partial charge in [0.1, 0.15) is 0 Å². The van der Waals surface area contributed by atoms with Gasteiger partial charge in [-0.05, 0) is 24.4 Å². The second-order valence-corrected chi connectivity index (χ2v) is 3.04. The minimum atomic E-state index is -0.205. The molecule has 0 saturated heterocycles. The lowest BCUT2D eigenvalue weighted by atomic mass is 10.3. The Morgan fingerprint density at radius 2 is 2.45 bits per heavy atom. The molecule has 0 aliphatic carbocycles. The summed E-state index contributed by atoms with van der Waals surface area (Å²) in [6.07, 6.45) is 1.10. The van der Waals surface area contributed by atoms with Crippen molar-refractivity contribution in [3.05, 3.63) is 28.5 Å². The van der Waals surface area contributed by atoms with Gasteiger partial charge in [-0.25, -0.2) is 0 Å². The van der Waals surface area contributed by atoms with Crippen molar-refractivity contribution in [2.75, 3.05) is 0 Å². The highest BCUT2D eigenvalue weighted by molar-refractivity contribution is 7.11. The summed E-state index contributed by atoms with van der Waals surface area (Å²) in [7, 11) is 0. The number of rotatable bonds is 2.